The van der Waals surface area contributed by atoms with Crippen LogP contribution in [0.15, 0.2) is 24.3 Å². The van der Waals surface area contributed by atoms with Crippen molar-refractivity contribution >= 4 is 0 Å². The lowest BCUT2D eigenvalue weighted by Gasteiger charge is -2.09. The van der Waals surface area contributed by atoms with Crippen molar-refractivity contribution < 1.29 is 23.2 Å². The molecule has 0 spiro atoms. The molecule has 0 aromatic heterocycles. The number of aliphatic hydroxyl groups excluding tert-OH is 1. The van der Waals surface area contributed by atoms with E-state index >= 15 is 0 Å². The standard InChI is InChI=1S/C9H8F3NO3/c10-9(11,12)7-3-1-6(2-4-7)8(14)5-13(15)16/h1-4,8,14H,5H2/t8-/m0/s1. The lowest BCUT2D eigenvalue weighted by Crippen LogP contribution is -2.12. The first-order chi connectivity index (χ1) is 7.30. The summed E-state index contributed by atoms with van der Waals surface area (Å²) in [5.41, 5.74) is -0.769. The van der Waals surface area contributed by atoms with Gasteiger partial charge < -0.3 is 5.11 Å². The molecule has 0 unspecified atom stereocenters. The van der Waals surface area contributed by atoms with E-state index in [1.165, 1.54) is 0 Å². The minimum Gasteiger partial charge on any atom is -0.382 e. The van der Waals surface area contributed by atoms with Gasteiger partial charge in [0.15, 0.2) is 0 Å². The number of hydrogen-bond acceptors (Lipinski definition) is 3. The van der Waals surface area contributed by atoms with E-state index in [4.69, 9.17) is 0 Å². The van der Waals surface area contributed by atoms with Crippen molar-refractivity contribution in [3.8, 4) is 0 Å². The molecule has 1 aromatic rings. The Morgan fingerprint density at radius 3 is 2.19 bits per heavy atom. The molecule has 1 atom stereocenters. The van der Waals surface area contributed by atoms with Crippen LogP contribution in [0.4, 0.5) is 13.2 Å². The van der Waals surface area contributed by atoms with Gasteiger partial charge in [0.2, 0.25) is 6.54 Å². The first kappa shape index (κ1) is 12.4. The van der Waals surface area contributed by atoms with Gasteiger partial charge in [0.1, 0.15) is 6.10 Å². The van der Waals surface area contributed by atoms with E-state index < -0.39 is 29.3 Å². The van der Waals surface area contributed by atoms with E-state index in [-0.39, 0.29) is 5.56 Å². The maximum atomic E-state index is 12.2. The first-order valence-corrected chi connectivity index (χ1v) is 4.27. The van der Waals surface area contributed by atoms with Crippen molar-refractivity contribution in [2.45, 2.75) is 12.3 Å². The summed E-state index contributed by atoms with van der Waals surface area (Å²) in [5.74, 6) is 0. The summed E-state index contributed by atoms with van der Waals surface area (Å²) in [7, 11) is 0. The number of aliphatic hydroxyl groups is 1. The van der Waals surface area contributed by atoms with Gasteiger partial charge in [-0.15, -0.1) is 0 Å². The van der Waals surface area contributed by atoms with Crippen LogP contribution in [-0.2, 0) is 6.18 Å². The highest BCUT2D eigenvalue weighted by molar-refractivity contribution is 5.25. The Hall–Kier alpha value is -1.63. The van der Waals surface area contributed by atoms with E-state index in [1.54, 1.807) is 0 Å². The van der Waals surface area contributed by atoms with Gasteiger partial charge in [-0.05, 0) is 17.7 Å². The van der Waals surface area contributed by atoms with Gasteiger partial charge in [0.05, 0.1) is 5.56 Å². The highest BCUT2D eigenvalue weighted by Crippen LogP contribution is 2.29. The third-order valence-electron chi connectivity index (χ3n) is 1.94. The second-order valence-corrected chi connectivity index (χ2v) is 3.15. The Morgan fingerprint density at radius 1 is 1.31 bits per heavy atom. The fraction of sp³-hybridized carbons (Fsp3) is 0.333. The van der Waals surface area contributed by atoms with Crippen LogP contribution in [0.2, 0.25) is 0 Å². The smallest absolute Gasteiger partial charge is 0.382 e. The highest BCUT2D eigenvalue weighted by atomic mass is 19.4. The van der Waals surface area contributed by atoms with Crippen molar-refractivity contribution in [1.29, 1.82) is 0 Å². The van der Waals surface area contributed by atoms with Gasteiger partial charge >= 0.3 is 6.18 Å². The quantitative estimate of drug-likeness (QED) is 0.643. The SMILES string of the molecule is O=[N+]([O-])C[C@H](O)c1ccc(C(F)(F)F)cc1. The Kier molecular flexibility index (Phi) is 3.48. The van der Waals surface area contributed by atoms with Crippen LogP contribution in [0.25, 0.3) is 0 Å². The Labute approximate surface area is 88.5 Å². The third-order valence-corrected chi connectivity index (χ3v) is 1.94. The van der Waals surface area contributed by atoms with Gasteiger partial charge in [0.25, 0.3) is 0 Å². The molecule has 0 amide bonds. The zero-order valence-corrected chi connectivity index (χ0v) is 7.94. The summed E-state index contributed by atoms with van der Waals surface area (Å²) in [6.07, 6.45) is -5.84. The summed E-state index contributed by atoms with van der Waals surface area (Å²) >= 11 is 0. The highest BCUT2D eigenvalue weighted by Gasteiger charge is 2.30. The molecule has 4 nitrogen and oxygen atoms in total. The lowest BCUT2D eigenvalue weighted by atomic mass is 10.1. The minimum atomic E-state index is -4.45. The van der Waals surface area contributed by atoms with Gasteiger partial charge in [-0.3, -0.25) is 10.1 Å². The number of benzene rings is 1. The molecular weight excluding hydrogens is 227 g/mol. The number of nitrogens with zero attached hydrogens (tertiary/aromatic N) is 1. The monoisotopic (exact) mass is 235 g/mol. The lowest BCUT2D eigenvalue weighted by molar-refractivity contribution is -0.491. The second kappa shape index (κ2) is 4.48. The first-order valence-electron chi connectivity index (χ1n) is 4.27. The molecule has 1 rings (SSSR count). The summed E-state index contributed by atoms with van der Waals surface area (Å²) in [5, 5.41) is 19.3. The number of alkyl halides is 3. The maximum Gasteiger partial charge on any atom is 0.416 e. The van der Waals surface area contributed by atoms with E-state index in [9.17, 15) is 28.4 Å². The normalized spacial score (nSPS) is 13.5. The molecular formula is C9H8F3NO3. The molecule has 1 N–H and O–H groups in total. The van der Waals surface area contributed by atoms with Crippen LogP contribution in [0.3, 0.4) is 0 Å². The Bertz CT molecular complexity index is 375. The zero-order chi connectivity index (χ0) is 12.3. The summed E-state index contributed by atoms with van der Waals surface area (Å²) in [6, 6.07) is 3.60. The van der Waals surface area contributed by atoms with Crippen LogP contribution in [0.5, 0.6) is 0 Å². The molecule has 0 saturated carbocycles. The molecule has 0 aliphatic rings. The average Bonchev–Trinajstić information content (AvgIpc) is 2.15. The molecule has 0 radical (unpaired) electrons. The van der Waals surface area contributed by atoms with Crippen molar-refractivity contribution in [2.24, 2.45) is 0 Å². The maximum absolute atomic E-state index is 12.2. The predicted octanol–water partition coefficient (Wildman–Crippen LogP) is 2.02. The summed E-state index contributed by atoms with van der Waals surface area (Å²) < 4.78 is 36.5. The summed E-state index contributed by atoms with van der Waals surface area (Å²) in [6.45, 7) is -0.731. The van der Waals surface area contributed by atoms with Crippen LogP contribution in [0, 0.1) is 10.1 Å². The molecule has 88 valence electrons. The second-order valence-electron chi connectivity index (χ2n) is 3.15. The van der Waals surface area contributed by atoms with Gasteiger partial charge in [-0.2, -0.15) is 13.2 Å². The van der Waals surface area contributed by atoms with Crippen LogP contribution in [-0.4, -0.2) is 16.6 Å². The minimum absolute atomic E-state index is 0.0877. The molecule has 0 aliphatic carbocycles. The van der Waals surface area contributed by atoms with E-state index in [2.05, 4.69) is 0 Å². The largest absolute Gasteiger partial charge is 0.416 e. The predicted molar refractivity (Wildman–Crippen MR) is 48.3 cm³/mol. The van der Waals surface area contributed by atoms with Crippen LogP contribution < -0.4 is 0 Å². The van der Waals surface area contributed by atoms with Crippen molar-refractivity contribution in [3.63, 3.8) is 0 Å². The van der Waals surface area contributed by atoms with Gasteiger partial charge in [-0.1, -0.05) is 12.1 Å². The van der Waals surface area contributed by atoms with Crippen molar-refractivity contribution in [3.05, 3.63) is 45.5 Å². The van der Waals surface area contributed by atoms with Crippen LogP contribution in [0.1, 0.15) is 17.2 Å². The van der Waals surface area contributed by atoms with Crippen molar-refractivity contribution in [1.82, 2.24) is 0 Å². The van der Waals surface area contributed by atoms with Crippen molar-refractivity contribution in [2.75, 3.05) is 6.54 Å². The Balaban J connectivity index is 2.83. The topological polar surface area (TPSA) is 63.4 Å². The van der Waals surface area contributed by atoms with E-state index in [0.717, 1.165) is 24.3 Å². The number of hydrogen-bond donors (Lipinski definition) is 1. The molecule has 0 bridgehead atoms. The Morgan fingerprint density at radius 2 is 1.81 bits per heavy atom. The van der Waals surface area contributed by atoms with E-state index in [1.807, 2.05) is 0 Å². The molecule has 0 heterocycles. The number of halogens is 3. The van der Waals surface area contributed by atoms with E-state index in [0.29, 0.717) is 0 Å². The number of nitro groups is 1. The van der Waals surface area contributed by atoms with Gasteiger partial charge in [0, 0.05) is 4.92 Å². The molecule has 0 aliphatic heterocycles. The molecule has 0 saturated heterocycles. The summed E-state index contributed by atoms with van der Waals surface area (Å²) in [4.78, 5) is 9.34. The van der Waals surface area contributed by atoms with Gasteiger partial charge in [-0.25, -0.2) is 0 Å². The number of rotatable bonds is 3. The third kappa shape index (κ3) is 3.20. The zero-order valence-electron chi connectivity index (χ0n) is 7.94. The molecule has 16 heavy (non-hydrogen) atoms. The fourth-order valence-corrected chi connectivity index (χ4v) is 1.14. The average molecular weight is 235 g/mol. The molecule has 1 aromatic carbocycles. The molecule has 0 fully saturated rings. The fourth-order valence-electron chi connectivity index (χ4n) is 1.14. The molecule has 7 heteroatoms. The van der Waals surface area contributed by atoms with Crippen LogP contribution >= 0.6 is 0 Å².